The lowest BCUT2D eigenvalue weighted by Crippen LogP contribution is -2.38. The summed E-state index contributed by atoms with van der Waals surface area (Å²) in [5.74, 6) is 0.297. The fourth-order valence-corrected chi connectivity index (χ4v) is 1.63. The third kappa shape index (κ3) is 7.20. The standard InChI is InChI=1S/C15H22N2O4/c1-11(2)12-3-5-13(6-4-12)21-10-9-17-15(20)16-8-7-14(18)19/h3-6,11H,7-10H2,1-2H3,(H,18,19)(H2,16,17,20). The average molecular weight is 294 g/mol. The Kier molecular flexibility index (Phi) is 7.08. The van der Waals surface area contributed by atoms with Gasteiger partial charge in [0.25, 0.3) is 0 Å². The number of aliphatic carboxylic acids is 1. The molecule has 1 aromatic rings. The fraction of sp³-hybridized carbons (Fsp3) is 0.467. The van der Waals surface area contributed by atoms with Gasteiger partial charge in [0.15, 0.2) is 0 Å². The van der Waals surface area contributed by atoms with Gasteiger partial charge >= 0.3 is 12.0 Å². The van der Waals surface area contributed by atoms with E-state index in [9.17, 15) is 9.59 Å². The molecule has 0 aliphatic heterocycles. The van der Waals surface area contributed by atoms with Gasteiger partial charge in [0, 0.05) is 6.54 Å². The predicted molar refractivity (Wildman–Crippen MR) is 79.7 cm³/mol. The van der Waals surface area contributed by atoms with Gasteiger partial charge in [0.05, 0.1) is 13.0 Å². The molecule has 0 aromatic heterocycles. The molecule has 0 aliphatic carbocycles. The summed E-state index contributed by atoms with van der Waals surface area (Å²) in [5.41, 5.74) is 1.25. The molecule has 0 unspecified atom stereocenters. The highest BCUT2D eigenvalue weighted by atomic mass is 16.5. The molecule has 0 fully saturated rings. The number of amides is 2. The number of ether oxygens (including phenoxy) is 1. The number of hydrogen-bond donors (Lipinski definition) is 3. The van der Waals surface area contributed by atoms with E-state index in [1.807, 2.05) is 24.3 Å². The average Bonchev–Trinajstić information content (AvgIpc) is 2.43. The van der Waals surface area contributed by atoms with Crippen LogP contribution in [0.5, 0.6) is 5.75 Å². The number of carbonyl (C=O) groups excluding carboxylic acids is 1. The maximum absolute atomic E-state index is 11.3. The van der Waals surface area contributed by atoms with Crippen LogP contribution in [0.1, 0.15) is 31.7 Å². The van der Waals surface area contributed by atoms with Gasteiger partial charge in [-0.3, -0.25) is 4.79 Å². The highest BCUT2D eigenvalue weighted by Crippen LogP contribution is 2.18. The molecule has 1 aromatic carbocycles. The third-order valence-electron chi connectivity index (χ3n) is 2.83. The summed E-state index contributed by atoms with van der Waals surface area (Å²) in [6, 6.07) is 7.46. The minimum atomic E-state index is -0.941. The number of nitrogens with one attached hydrogen (secondary N) is 2. The summed E-state index contributed by atoms with van der Waals surface area (Å²) in [5, 5.41) is 13.5. The number of carboxylic acid groups (broad SMARTS) is 1. The Morgan fingerprint density at radius 3 is 2.33 bits per heavy atom. The van der Waals surface area contributed by atoms with Crippen molar-refractivity contribution in [2.24, 2.45) is 0 Å². The largest absolute Gasteiger partial charge is 0.492 e. The molecule has 6 heteroatoms. The molecule has 0 aliphatic rings. The molecule has 3 N–H and O–H groups in total. The van der Waals surface area contributed by atoms with E-state index in [-0.39, 0.29) is 13.0 Å². The fourth-order valence-electron chi connectivity index (χ4n) is 1.63. The van der Waals surface area contributed by atoms with Crippen LogP contribution in [-0.4, -0.2) is 36.8 Å². The minimum absolute atomic E-state index is 0.0912. The Labute approximate surface area is 124 Å². The van der Waals surface area contributed by atoms with E-state index in [2.05, 4.69) is 24.5 Å². The smallest absolute Gasteiger partial charge is 0.314 e. The first-order valence-corrected chi connectivity index (χ1v) is 6.95. The van der Waals surface area contributed by atoms with Crippen molar-refractivity contribution in [3.05, 3.63) is 29.8 Å². The van der Waals surface area contributed by atoms with Crippen molar-refractivity contribution < 1.29 is 19.4 Å². The van der Waals surface area contributed by atoms with Gasteiger partial charge in [-0.1, -0.05) is 26.0 Å². The molecular formula is C15H22N2O4. The van der Waals surface area contributed by atoms with Crippen molar-refractivity contribution in [3.63, 3.8) is 0 Å². The first-order valence-electron chi connectivity index (χ1n) is 6.95. The zero-order valence-corrected chi connectivity index (χ0v) is 12.4. The van der Waals surface area contributed by atoms with E-state index in [4.69, 9.17) is 9.84 Å². The maximum atomic E-state index is 11.3. The molecule has 0 spiro atoms. The first-order chi connectivity index (χ1) is 9.99. The summed E-state index contributed by atoms with van der Waals surface area (Å²) >= 11 is 0. The molecule has 6 nitrogen and oxygen atoms in total. The van der Waals surface area contributed by atoms with Crippen LogP contribution in [0.4, 0.5) is 4.79 Å². The summed E-state index contributed by atoms with van der Waals surface area (Å²) < 4.78 is 5.50. The zero-order chi connectivity index (χ0) is 15.7. The summed E-state index contributed by atoms with van der Waals surface area (Å²) in [6.07, 6.45) is -0.0912. The van der Waals surface area contributed by atoms with Crippen LogP contribution in [0.15, 0.2) is 24.3 Å². The summed E-state index contributed by atoms with van der Waals surface area (Å²) in [6.45, 7) is 5.07. The number of benzene rings is 1. The molecule has 0 radical (unpaired) electrons. The number of hydrogen-bond acceptors (Lipinski definition) is 3. The number of rotatable bonds is 8. The zero-order valence-electron chi connectivity index (χ0n) is 12.4. The maximum Gasteiger partial charge on any atom is 0.314 e. The normalized spacial score (nSPS) is 10.2. The Balaban J connectivity index is 2.16. The Bertz CT molecular complexity index is 457. The molecule has 116 valence electrons. The van der Waals surface area contributed by atoms with E-state index < -0.39 is 12.0 Å². The van der Waals surface area contributed by atoms with Gasteiger partial charge in [0.1, 0.15) is 12.4 Å². The predicted octanol–water partition coefficient (Wildman–Crippen LogP) is 1.96. The Hall–Kier alpha value is -2.24. The molecular weight excluding hydrogens is 272 g/mol. The second-order valence-electron chi connectivity index (χ2n) is 4.90. The highest BCUT2D eigenvalue weighted by molar-refractivity contribution is 5.74. The van der Waals surface area contributed by atoms with E-state index in [1.54, 1.807) is 0 Å². The van der Waals surface area contributed by atoms with Crippen molar-refractivity contribution >= 4 is 12.0 Å². The molecule has 0 saturated heterocycles. The number of carbonyl (C=O) groups is 2. The van der Waals surface area contributed by atoms with Gasteiger partial charge in [0.2, 0.25) is 0 Å². The van der Waals surface area contributed by atoms with Crippen LogP contribution in [0.2, 0.25) is 0 Å². The molecule has 0 atom stereocenters. The van der Waals surface area contributed by atoms with Crippen molar-refractivity contribution in [1.82, 2.24) is 10.6 Å². The number of carboxylic acids is 1. The topological polar surface area (TPSA) is 87.7 Å². The second kappa shape index (κ2) is 8.84. The highest BCUT2D eigenvalue weighted by Gasteiger charge is 2.02. The molecule has 0 heterocycles. The van der Waals surface area contributed by atoms with Gasteiger partial charge in [-0.05, 0) is 23.6 Å². The SMILES string of the molecule is CC(C)c1ccc(OCCNC(=O)NCCC(=O)O)cc1. The molecule has 21 heavy (non-hydrogen) atoms. The van der Waals surface area contributed by atoms with E-state index in [0.717, 1.165) is 5.75 Å². The second-order valence-corrected chi connectivity index (χ2v) is 4.90. The molecule has 0 bridgehead atoms. The van der Waals surface area contributed by atoms with E-state index in [1.165, 1.54) is 5.56 Å². The van der Waals surface area contributed by atoms with Gasteiger partial charge in [-0.2, -0.15) is 0 Å². The van der Waals surface area contributed by atoms with Crippen LogP contribution >= 0.6 is 0 Å². The van der Waals surface area contributed by atoms with Crippen molar-refractivity contribution in [2.45, 2.75) is 26.2 Å². The first kappa shape index (κ1) is 16.8. The monoisotopic (exact) mass is 294 g/mol. The minimum Gasteiger partial charge on any atom is -0.492 e. The van der Waals surface area contributed by atoms with Crippen LogP contribution in [0.25, 0.3) is 0 Å². The van der Waals surface area contributed by atoms with Crippen LogP contribution in [0, 0.1) is 0 Å². The van der Waals surface area contributed by atoms with Gasteiger partial charge in [-0.15, -0.1) is 0 Å². The van der Waals surface area contributed by atoms with E-state index in [0.29, 0.717) is 19.1 Å². The third-order valence-corrected chi connectivity index (χ3v) is 2.83. The lowest BCUT2D eigenvalue weighted by Gasteiger charge is -2.10. The lowest BCUT2D eigenvalue weighted by molar-refractivity contribution is -0.136. The van der Waals surface area contributed by atoms with Crippen molar-refractivity contribution in [2.75, 3.05) is 19.7 Å². The van der Waals surface area contributed by atoms with Crippen LogP contribution in [-0.2, 0) is 4.79 Å². The Morgan fingerprint density at radius 2 is 1.76 bits per heavy atom. The Morgan fingerprint density at radius 1 is 1.14 bits per heavy atom. The van der Waals surface area contributed by atoms with Crippen molar-refractivity contribution in [3.8, 4) is 5.75 Å². The molecule has 2 amide bonds. The van der Waals surface area contributed by atoms with Gasteiger partial charge in [-0.25, -0.2) is 4.79 Å². The molecule has 0 saturated carbocycles. The quantitative estimate of drug-likeness (QED) is 0.640. The lowest BCUT2D eigenvalue weighted by atomic mass is 10.0. The van der Waals surface area contributed by atoms with Crippen LogP contribution in [0.3, 0.4) is 0 Å². The number of urea groups is 1. The molecule has 1 rings (SSSR count). The van der Waals surface area contributed by atoms with E-state index >= 15 is 0 Å². The van der Waals surface area contributed by atoms with Crippen LogP contribution < -0.4 is 15.4 Å². The summed E-state index contributed by atoms with van der Waals surface area (Å²) in [7, 11) is 0. The summed E-state index contributed by atoms with van der Waals surface area (Å²) in [4.78, 5) is 21.6. The van der Waals surface area contributed by atoms with Crippen molar-refractivity contribution in [1.29, 1.82) is 0 Å². The van der Waals surface area contributed by atoms with Gasteiger partial charge < -0.3 is 20.5 Å².